The van der Waals surface area contributed by atoms with Crippen LogP contribution in [0.15, 0.2) is 18.2 Å². The second-order valence-corrected chi connectivity index (χ2v) is 7.08. The zero-order valence-electron chi connectivity index (χ0n) is 12.9. The van der Waals surface area contributed by atoms with Gasteiger partial charge in [-0.2, -0.15) is 0 Å². The van der Waals surface area contributed by atoms with Gasteiger partial charge >= 0.3 is 0 Å². The highest BCUT2D eigenvalue weighted by Gasteiger charge is 2.25. The molecule has 1 aromatic carbocycles. The van der Waals surface area contributed by atoms with Gasteiger partial charge in [0.05, 0.1) is 5.02 Å². The van der Waals surface area contributed by atoms with Gasteiger partial charge in [-0.3, -0.25) is 9.80 Å². The molecule has 0 bridgehead atoms. The molecule has 0 atom stereocenters. The van der Waals surface area contributed by atoms with E-state index >= 15 is 0 Å². The van der Waals surface area contributed by atoms with Gasteiger partial charge < -0.3 is 4.74 Å². The molecule has 3 nitrogen and oxygen atoms in total. The fourth-order valence-electron chi connectivity index (χ4n) is 3.49. The molecule has 0 spiro atoms. The van der Waals surface area contributed by atoms with Crippen LogP contribution in [-0.4, -0.2) is 55.2 Å². The summed E-state index contributed by atoms with van der Waals surface area (Å²) in [5.74, 6) is 0.679. The Hall–Kier alpha value is -0.480. The highest BCUT2D eigenvalue weighted by molar-refractivity contribution is 6.34. The van der Waals surface area contributed by atoms with Crippen LogP contribution in [0.3, 0.4) is 0 Å². The number of hydrogen-bond acceptors (Lipinski definition) is 3. The average molecular weight is 343 g/mol. The number of halogens is 2. The fourth-order valence-corrected chi connectivity index (χ4v) is 3.83. The number of rotatable bonds is 5. The predicted molar refractivity (Wildman–Crippen MR) is 92.2 cm³/mol. The average Bonchev–Trinajstić information content (AvgIpc) is 3.06. The van der Waals surface area contributed by atoms with Gasteiger partial charge in [0, 0.05) is 49.9 Å². The van der Waals surface area contributed by atoms with E-state index in [-0.39, 0.29) is 0 Å². The van der Waals surface area contributed by atoms with E-state index in [2.05, 4.69) is 9.80 Å². The van der Waals surface area contributed by atoms with Gasteiger partial charge in [-0.05, 0) is 25.0 Å². The minimum atomic E-state index is 0.621. The first kappa shape index (κ1) is 16.4. The van der Waals surface area contributed by atoms with E-state index in [0.717, 1.165) is 25.7 Å². The lowest BCUT2D eigenvalue weighted by molar-refractivity contribution is 0.0882. The van der Waals surface area contributed by atoms with E-state index in [9.17, 15) is 0 Å². The Kier molecular flexibility index (Phi) is 5.86. The van der Waals surface area contributed by atoms with Crippen molar-refractivity contribution in [2.45, 2.75) is 31.7 Å². The van der Waals surface area contributed by atoms with Crippen molar-refractivity contribution in [1.82, 2.24) is 9.80 Å². The van der Waals surface area contributed by atoms with Crippen molar-refractivity contribution in [3.8, 4) is 5.75 Å². The SMILES string of the molecule is Clc1ccc(Cl)c(OCCN2CCN(C3CCCC3)CC2)c1. The standard InChI is InChI=1S/C17H24Cl2N2O/c18-14-5-6-16(19)17(13-14)22-12-11-20-7-9-21(10-8-20)15-3-1-2-4-15/h5-6,13,15H,1-4,7-12H2. The van der Waals surface area contributed by atoms with Crippen LogP contribution in [0.5, 0.6) is 5.75 Å². The van der Waals surface area contributed by atoms with Gasteiger partial charge in [-0.25, -0.2) is 0 Å². The van der Waals surface area contributed by atoms with Crippen LogP contribution in [0.4, 0.5) is 0 Å². The largest absolute Gasteiger partial charge is 0.491 e. The lowest BCUT2D eigenvalue weighted by Gasteiger charge is -2.38. The zero-order chi connectivity index (χ0) is 15.4. The molecule has 0 amide bonds. The minimum Gasteiger partial charge on any atom is -0.491 e. The third-order valence-electron chi connectivity index (χ3n) is 4.81. The third kappa shape index (κ3) is 4.29. The number of ether oxygens (including phenoxy) is 1. The topological polar surface area (TPSA) is 15.7 Å². The van der Waals surface area contributed by atoms with Gasteiger partial charge in [-0.15, -0.1) is 0 Å². The van der Waals surface area contributed by atoms with Gasteiger partial charge in [0.25, 0.3) is 0 Å². The summed E-state index contributed by atoms with van der Waals surface area (Å²) in [5.41, 5.74) is 0. The molecule has 0 unspecified atom stereocenters. The molecule has 5 heteroatoms. The fraction of sp³-hybridized carbons (Fsp3) is 0.647. The predicted octanol–water partition coefficient (Wildman–Crippen LogP) is 3.93. The Labute approximate surface area is 143 Å². The summed E-state index contributed by atoms with van der Waals surface area (Å²) in [7, 11) is 0. The van der Waals surface area contributed by atoms with Gasteiger partial charge in [0.15, 0.2) is 0 Å². The molecule has 0 radical (unpaired) electrons. The Balaban J connectivity index is 1.39. The molecule has 2 fully saturated rings. The Morgan fingerprint density at radius 3 is 2.50 bits per heavy atom. The molecule has 3 rings (SSSR count). The van der Waals surface area contributed by atoms with Crippen molar-refractivity contribution in [3.05, 3.63) is 28.2 Å². The summed E-state index contributed by atoms with van der Waals surface area (Å²) in [6, 6.07) is 6.18. The smallest absolute Gasteiger partial charge is 0.139 e. The molecule has 1 aromatic rings. The molecule has 1 saturated heterocycles. The molecule has 1 heterocycles. The van der Waals surface area contributed by atoms with Crippen molar-refractivity contribution in [1.29, 1.82) is 0 Å². The van der Waals surface area contributed by atoms with E-state index < -0.39 is 0 Å². The quantitative estimate of drug-likeness (QED) is 0.806. The first-order valence-electron chi connectivity index (χ1n) is 8.26. The van der Waals surface area contributed by atoms with Crippen LogP contribution < -0.4 is 4.74 Å². The van der Waals surface area contributed by atoms with Crippen LogP contribution >= 0.6 is 23.2 Å². The van der Waals surface area contributed by atoms with E-state index in [4.69, 9.17) is 27.9 Å². The highest BCUT2D eigenvalue weighted by Crippen LogP contribution is 2.28. The molecule has 22 heavy (non-hydrogen) atoms. The van der Waals surface area contributed by atoms with E-state index in [1.807, 2.05) is 0 Å². The molecular weight excluding hydrogens is 319 g/mol. The van der Waals surface area contributed by atoms with Gasteiger partial charge in [0.1, 0.15) is 12.4 Å². The van der Waals surface area contributed by atoms with E-state index in [0.29, 0.717) is 22.4 Å². The number of piperazine rings is 1. The van der Waals surface area contributed by atoms with E-state index in [1.54, 1.807) is 18.2 Å². The second-order valence-electron chi connectivity index (χ2n) is 6.24. The van der Waals surface area contributed by atoms with Crippen LogP contribution in [0.25, 0.3) is 0 Å². The van der Waals surface area contributed by atoms with Gasteiger partial charge in [-0.1, -0.05) is 36.0 Å². The maximum absolute atomic E-state index is 6.11. The molecular formula is C17H24Cl2N2O. The Morgan fingerprint density at radius 1 is 1.05 bits per heavy atom. The molecule has 0 aromatic heterocycles. The lowest BCUT2D eigenvalue weighted by atomic mass is 10.2. The highest BCUT2D eigenvalue weighted by atomic mass is 35.5. The lowest BCUT2D eigenvalue weighted by Crippen LogP contribution is -2.50. The summed E-state index contributed by atoms with van der Waals surface area (Å²) in [4.78, 5) is 5.15. The van der Waals surface area contributed by atoms with Crippen LogP contribution in [0.2, 0.25) is 10.0 Å². The summed E-state index contributed by atoms with van der Waals surface area (Å²) < 4.78 is 5.78. The Morgan fingerprint density at radius 2 is 1.77 bits per heavy atom. The molecule has 1 saturated carbocycles. The summed E-state index contributed by atoms with van der Waals surface area (Å²) >= 11 is 12.1. The van der Waals surface area contributed by atoms with Crippen LogP contribution in [0.1, 0.15) is 25.7 Å². The number of benzene rings is 1. The molecule has 1 aliphatic carbocycles. The van der Waals surface area contributed by atoms with Gasteiger partial charge in [0.2, 0.25) is 0 Å². The molecule has 0 N–H and O–H groups in total. The molecule has 122 valence electrons. The monoisotopic (exact) mass is 342 g/mol. The molecule has 1 aliphatic heterocycles. The zero-order valence-corrected chi connectivity index (χ0v) is 14.5. The third-order valence-corrected chi connectivity index (χ3v) is 5.35. The number of hydrogen-bond donors (Lipinski definition) is 0. The normalized spacial score (nSPS) is 21.4. The Bertz CT molecular complexity index is 484. The van der Waals surface area contributed by atoms with Crippen molar-refractivity contribution >= 4 is 23.2 Å². The second kappa shape index (κ2) is 7.87. The first-order valence-corrected chi connectivity index (χ1v) is 9.02. The molecule has 2 aliphatic rings. The summed E-state index contributed by atoms with van der Waals surface area (Å²) in [5, 5.41) is 1.28. The first-order chi connectivity index (χ1) is 10.7. The van der Waals surface area contributed by atoms with Crippen molar-refractivity contribution in [2.24, 2.45) is 0 Å². The van der Waals surface area contributed by atoms with Crippen molar-refractivity contribution < 1.29 is 4.74 Å². The maximum Gasteiger partial charge on any atom is 0.139 e. The van der Waals surface area contributed by atoms with Crippen LogP contribution in [-0.2, 0) is 0 Å². The van der Waals surface area contributed by atoms with E-state index in [1.165, 1.54) is 38.8 Å². The minimum absolute atomic E-state index is 0.621. The van der Waals surface area contributed by atoms with Crippen LogP contribution in [0, 0.1) is 0 Å². The number of nitrogens with zero attached hydrogens (tertiary/aromatic N) is 2. The summed E-state index contributed by atoms with van der Waals surface area (Å²) in [6.45, 7) is 6.28. The van der Waals surface area contributed by atoms with Crippen molar-refractivity contribution in [3.63, 3.8) is 0 Å². The maximum atomic E-state index is 6.11. The summed E-state index contributed by atoms with van der Waals surface area (Å²) in [6.07, 6.45) is 5.63. The van der Waals surface area contributed by atoms with Crippen molar-refractivity contribution in [2.75, 3.05) is 39.3 Å².